The number of furan rings is 1. The van der Waals surface area contributed by atoms with Gasteiger partial charge in [-0.3, -0.25) is 0 Å². The quantitative estimate of drug-likeness (QED) is 0.151. The van der Waals surface area contributed by atoms with Crippen LogP contribution in [-0.2, 0) is 10.8 Å². The van der Waals surface area contributed by atoms with E-state index in [-0.39, 0.29) is 0 Å². The van der Waals surface area contributed by atoms with E-state index in [2.05, 4.69) is 266 Å². The molecule has 2 aliphatic carbocycles. The fraction of sp³-hybridized carbons (Fsp3) is 0.0294. The van der Waals surface area contributed by atoms with E-state index in [1.165, 1.54) is 66.8 Å². The van der Waals surface area contributed by atoms with Crippen LogP contribution in [0.3, 0.4) is 0 Å². The summed E-state index contributed by atoms with van der Waals surface area (Å²) in [6, 6.07) is 100. The number of rotatable bonds is 8. The molecule has 0 radical (unpaired) electrons. The van der Waals surface area contributed by atoms with Crippen molar-refractivity contribution in [3.8, 4) is 33.4 Å². The van der Waals surface area contributed by atoms with Crippen molar-refractivity contribution in [1.29, 1.82) is 0 Å². The van der Waals surface area contributed by atoms with E-state index in [9.17, 15) is 0 Å². The molecule has 2 nitrogen and oxygen atoms in total. The van der Waals surface area contributed by atoms with Gasteiger partial charge in [-0.2, -0.15) is 0 Å². The Hall–Kier alpha value is -8.98. The Labute approximate surface area is 408 Å². The van der Waals surface area contributed by atoms with Crippen LogP contribution in [0.1, 0.15) is 44.5 Å². The lowest BCUT2D eigenvalue weighted by Gasteiger charge is -2.35. The molecule has 0 N–H and O–H groups in total. The van der Waals surface area contributed by atoms with Gasteiger partial charge in [-0.15, -0.1) is 0 Å². The molecule has 0 amide bonds. The molecular formula is C68H45NO. The van der Waals surface area contributed by atoms with Crippen LogP contribution in [0.2, 0.25) is 0 Å². The lowest BCUT2D eigenvalue weighted by molar-refractivity contribution is 0.669. The number of anilines is 3. The van der Waals surface area contributed by atoms with Gasteiger partial charge in [0, 0.05) is 27.8 Å². The third-order valence-corrected chi connectivity index (χ3v) is 15.3. The summed E-state index contributed by atoms with van der Waals surface area (Å²) in [6.07, 6.45) is 0. The van der Waals surface area contributed by atoms with Gasteiger partial charge in [0.15, 0.2) is 0 Å². The van der Waals surface area contributed by atoms with Crippen LogP contribution in [0, 0.1) is 0 Å². The average molecular weight is 892 g/mol. The Morgan fingerprint density at radius 1 is 0.257 bits per heavy atom. The first-order chi connectivity index (χ1) is 34.7. The summed E-state index contributed by atoms with van der Waals surface area (Å²) < 4.78 is 6.21. The molecule has 70 heavy (non-hydrogen) atoms. The van der Waals surface area contributed by atoms with E-state index in [1.807, 2.05) is 12.1 Å². The van der Waals surface area contributed by atoms with Crippen LogP contribution < -0.4 is 4.90 Å². The second-order valence-electron chi connectivity index (χ2n) is 18.7. The summed E-state index contributed by atoms with van der Waals surface area (Å²) in [4.78, 5) is 2.43. The first-order valence-electron chi connectivity index (χ1n) is 24.2. The zero-order valence-electron chi connectivity index (χ0n) is 38.3. The Morgan fingerprint density at radius 3 is 1.21 bits per heavy atom. The molecule has 12 aromatic rings. The standard InChI is InChI=1S/C68H45NO/c1-4-18-48(19-5-1)67(49-20-6-2-7-21-49)63-30-16-12-26-57(63)59-45-54(41-42-64(59)67)69(52-37-32-46(33-38-52)47-34-43-66-60(44-47)58-27-13-17-31-65(58)70-66)53-39-35-51(36-40-53)68(50-22-8-3-9-23-50)61-28-14-10-24-55(61)56-25-11-15-29-62(56)68/h1-45H. The zero-order valence-corrected chi connectivity index (χ0v) is 38.3. The summed E-state index contributed by atoms with van der Waals surface area (Å²) in [7, 11) is 0. The molecule has 0 saturated heterocycles. The van der Waals surface area contributed by atoms with Crippen LogP contribution in [0.15, 0.2) is 277 Å². The minimum Gasteiger partial charge on any atom is -0.456 e. The van der Waals surface area contributed by atoms with Crippen molar-refractivity contribution >= 4 is 39.0 Å². The van der Waals surface area contributed by atoms with Gasteiger partial charge in [0.2, 0.25) is 0 Å². The highest BCUT2D eigenvalue weighted by molar-refractivity contribution is 6.06. The first kappa shape index (κ1) is 40.1. The topological polar surface area (TPSA) is 16.4 Å². The van der Waals surface area contributed by atoms with Crippen molar-refractivity contribution in [3.05, 3.63) is 317 Å². The molecule has 0 unspecified atom stereocenters. The molecule has 2 aliphatic rings. The average Bonchev–Trinajstić information content (AvgIpc) is 4.07. The highest BCUT2D eigenvalue weighted by atomic mass is 16.3. The third-order valence-electron chi connectivity index (χ3n) is 15.3. The highest BCUT2D eigenvalue weighted by Gasteiger charge is 2.47. The summed E-state index contributed by atoms with van der Waals surface area (Å²) in [5, 5.41) is 2.26. The lowest BCUT2D eigenvalue weighted by atomic mass is 9.67. The lowest BCUT2D eigenvalue weighted by Crippen LogP contribution is -2.28. The molecular weight excluding hydrogens is 847 g/mol. The number of para-hydroxylation sites is 1. The van der Waals surface area contributed by atoms with E-state index in [0.717, 1.165) is 50.1 Å². The predicted molar refractivity (Wildman–Crippen MR) is 288 cm³/mol. The van der Waals surface area contributed by atoms with Gasteiger partial charge in [0.1, 0.15) is 11.2 Å². The van der Waals surface area contributed by atoms with Crippen molar-refractivity contribution in [2.75, 3.05) is 4.90 Å². The van der Waals surface area contributed by atoms with Crippen LogP contribution in [0.4, 0.5) is 17.1 Å². The third kappa shape index (κ3) is 5.80. The number of fused-ring (bicyclic) bond motifs is 9. The maximum absolute atomic E-state index is 6.21. The number of benzene rings is 11. The summed E-state index contributed by atoms with van der Waals surface area (Å²) in [5.41, 5.74) is 21.6. The smallest absolute Gasteiger partial charge is 0.135 e. The van der Waals surface area contributed by atoms with E-state index >= 15 is 0 Å². The van der Waals surface area contributed by atoms with E-state index < -0.39 is 10.8 Å². The summed E-state index contributed by atoms with van der Waals surface area (Å²) in [5.74, 6) is 0. The summed E-state index contributed by atoms with van der Waals surface area (Å²) >= 11 is 0. The molecule has 1 aromatic heterocycles. The summed E-state index contributed by atoms with van der Waals surface area (Å²) in [6.45, 7) is 0. The van der Waals surface area contributed by atoms with Crippen LogP contribution in [0.5, 0.6) is 0 Å². The molecule has 0 atom stereocenters. The fourth-order valence-corrected chi connectivity index (χ4v) is 12.3. The van der Waals surface area contributed by atoms with Gasteiger partial charge in [-0.05, 0) is 132 Å². The minimum atomic E-state index is -0.490. The molecule has 0 aliphatic heterocycles. The molecule has 0 saturated carbocycles. The van der Waals surface area contributed by atoms with Gasteiger partial charge in [0.25, 0.3) is 0 Å². The SMILES string of the molecule is c1ccc(C2(c3ccc(N(c4ccc(-c5ccc6oc7ccccc7c6c5)cc4)c4ccc5c(c4)-c4ccccc4C5(c4ccccc4)c4ccccc4)cc3)c3ccccc3-c3ccccc32)cc1. The largest absolute Gasteiger partial charge is 0.456 e. The predicted octanol–water partition coefficient (Wildman–Crippen LogP) is 17.4. The molecule has 1 heterocycles. The molecule has 11 aromatic carbocycles. The van der Waals surface area contributed by atoms with E-state index in [4.69, 9.17) is 4.42 Å². The normalized spacial score (nSPS) is 13.7. The Morgan fingerprint density at radius 2 is 0.657 bits per heavy atom. The van der Waals surface area contributed by atoms with Crippen LogP contribution in [0.25, 0.3) is 55.3 Å². The Bertz CT molecular complexity index is 3840. The monoisotopic (exact) mass is 891 g/mol. The van der Waals surface area contributed by atoms with Gasteiger partial charge >= 0.3 is 0 Å². The van der Waals surface area contributed by atoms with Gasteiger partial charge in [-0.25, -0.2) is 0 Å². The van der Waals surface area contributed by atoms with Crippen molar-refractivity contribution in [1.82, 2.24) is 0 Å². The maximum atomic E-state index is 6.21. The second-order valence-corrected chi connectivity index (χ2v) is 18.7. The Balaban J connectivity index is 0.954. The van der Waals surface area contributed by atoms with Crippen molar-refractivity contribution in [2.24, 2.45) is 0 Å². The second kappa shape index (κ2) is 15.8. The van der Waals surface area contributed by atoms with Crippen LogP contribution >= 0.6 is 0 Å². The minimum absolute atomic E-state index is 0.484. The fourth-order valence-electron chi connectivity index (χ4n) is 12.3. The molecule has 0 fully saturated rings. The Kier molecular flexibility index (Phi) is 9.06. The number of hydrogen-bond acceptors (Lipinski definition) is 2. The van der Waals surface area contributed by atoms with Crippen molar-refractivity contribution < 1.29 is 4.42 Å². The molecule has 328 valence electrons. The van der Waals surface area contributed by atoms with E-state index in [0.29, 0.717) is 0 Å². The van der Waals surface area contributed by atoms with Crippen molar-refractivity contribution in [2.45, 2.75) is 10.8 Å². The highest BCUT2D eigenvalue weighted by Crippen LogP contribution is 2.59. The van der Waals surface area contributed by atoms with Gasteiger partial charge < -0.3 is 9.32 Å². The zero-order chi connectivity index (χ0) is 46.2. The molecule has 0 spiro atoms. The number of nitrogens with zero attached hydrogens (tertiary/aromatic N) is 1. The van der Waals surface area contributed by atoms with Crippen LogP contribution in [-0.4, -0.2) is 0 Å². The molecule has 14 rings (SSSR count). The van der Waals surface area contributed by atoms with Gasteiger partial charge in [0.05, 0.1) is 10.8 Å². The number of hydrogen-bond donors (Lipinski definition) is 0. The maximum Gasteiger partial charge on any atom is 0.135 e. The molecule has 0 bridgehead atoms. The first-order valence-corrected chi connectivity index (χ1v) is 24.2. The molecule has 2 heteroatoms. The van der Waals surface area contributed by atoms with Gasteiger partial charge in [-0.1, -0.05) is 218 Å². The van der Waals surface area contributed by atoms with E-state index in [1.54, 1.807) is 0 Å². The van der Waals surface area contributed by atoms with Crippen molar-refractivity contribution in [3.63, 3.8) is 0 Å².